The van der Waals surface area contributed by atoms with E-state index in [4.69, 9.17) is 0 Å². The lowest BCUT2D eigenvalue weighted by Crippen LogP contribution is -2.11. The van der Waals surface area contributed by atoms with Gasteiger partial charge in [0.2, 0.25) is 0 Å². The highest BCUT2D eigenvalue weighted by molar-refractivity contribution is 7.11. The predicted molar refractivity (Wildman–Crippen MR) is 69.3 cm³/mol. The monoisotopic (exact) mass is 247 g/mol. The van der Waals surface area contributed by atoms with E-state index < -0.39 is 0 Å². The van der Waals surface area contributed by atoms with Gasteiger partial charge >= 0.3 is 0 Å². The summed E-state index contributed by atoms with van der Waals surface area (Å²) in [6.45, 7) is 0.782. The fraction of sp³-hybridized carbons (Fsp3) is 0.167. The van der Waals surface area contributed by atoms with Crippen LogP contribution in [0.3, 0.4) is 0 Å². The first-order valence-electron chi connectivity index (χ1n) is 5.23. The zero-order valence-electron chi connectivity index (χ0n) is 9.43. The number of hydrogen-bond donors (Lipinski definition) is 2. The van der Waals surface area contributed by atoms with Gasteiger partial charge in [0.1, 0.15) is 4.88 Å². The number of carbonyl (C=O) groups is 1. The van der Waals surface area contributed by atoms with Crippen molar-refractivity contribution >= 4 is 22.9 Å². The second-order valence-electron chi connectivity index (χ2n) is 3.55. The fourth-order valence-electron chi connectivity index (χ4n) is 1.48. The molecule has 1 aromatic carbocycles. The topological polar surface area (TPSA) is 54.0 Å². The number of thiazole rings is 1. The van der Waals surface area contributed by atoms with E-state index in [2.05, 4.69) is 15.6 Å². The zero-order valence-corrected chi connectivity index (χ0v) is 10.3. The highest BCUT2D eigenvalue weighted by Gasteiger charge is 2.07. The molecule has 5 heteroatoms. The number of nitrogens with zero attached hydrogens (tertiary/aromatic N) is 1. The van der Waals surface area contributed by atoms with Crippen molar-refractivity contribution < 1.29 is 4.79 Å². The van der Waals surface area contributed by atoms with Gasteiger partial charge in [-0.3, -0.25) is 9.78 Å². The minimum Gasteiger partial charge on any atom is -0.321 e. The molecule has 0 radical (unpaired) electrons. The highest BCUT2D eigenvalue weighted by Crippen LogP contribution is 2.13. The van der Waals surface area contributed by atoms with E-state index in [0.717, 1.165) is 17.8 Å². The van der Waals surface area contributed by atoms with Crippen molar-refractivity contribution in [1.29, 1.82) is 0 Å². The molecule has 2 N–H and O–H groups in total. The smallest absolute Gasteiger partial charge is 0.267 e. The van der Waals surface area contributed by atoms with Crippen molar-refractivity contribution in [2.24, 2.45) is 0 Å². The molecule has 0 fully saturated rings. The third kappa shape index (κ3) is 3.12. The molecule has 4 nitrogen and oxygen atoms in total. The van der Waals surface area contributed by atoms with Gasteiger partial charge < -0.3 is 10.6 Å². The van der Waals surface area contributed by atoms with Gasteiger partial charge in [-0.25, -0.2) is 0 Å². The van der Waals surface area contributed by atoms with Crippen LogP contribution in [0.5, 0.6) is 0 Å². The van der Waals surface area contributed by atoms with Gasteiger partial charge in [-0.05, 0) is 24.7 Å². The summed E-state index contributed by atoms with van der Waals surface area (Å²) >= 11 is 1.33. The van der Waals surface area contributed by atoms with Gasteiger partial charge in [0.15, 0.2) is 0 Å². The van der Waals surface area contributed by atoms with Crippen molar-refractivity contribution in [2.45, 2.75) is 6.54 Å². The van der Waals surface area contributed by atoms with Gasteiger partial charge in [-0.1, -0.05) is 12.1 Å². The number of hydrogen-bond acceptors (Lipinski definition) is 4. The van der Waals surface area contributed by atoms with Crippen LogP contribution in [0.2, 0.25) is 0 Å². The molecule has 0 saturated heterocycles. The lowest BCUT2D eigenvalue weighted by Gasteiger charge is -2.06. The van der Waals surface area contributed by atoms with Crippen molar-refractivity contribution in [3.8, 4) is 0 Å². The molecule has 0 aliphatic carbocycles. The Morgan fingerprint density at radius 2 is 2.35 bits per heavy atom. The largest absolute Gasteiger partial charge is 0.321 e. The molecule has 0 unspecified atom stereocenters. The molecule has 0 spiro atoms. The van der Waals surface area contributed by atoms with Crippen molar-refractivity contribution in [3.63, 3.8) is 0 Å². The SMILES string of the molecule is CNCc1cccc(NC(=O)c2cncs2)c1. The van der Waals surface area contributed by atoms with Gasteiger partial charge in [0.25, 0.3) is 5.91 Å². The van der Waals surface area contributed by atoms with Crippen molar-refractivity contribution in [3.05, 3.63) is 46.4 Å². The van der Waals surface area contributed by atoms with E-state index in [9.17, 15) is 4.79 Å². The Balaban J connectivity index is 2.08. The second kappa shape index (κ2) is 5.56. The van der Waals surface area contributed by atoms with Crippen molar-refractivity contribution in [1.82, 2.24) is 10.3 Å². The molecule has 0 aliphatic heterocycles. The molecule has 1 heterocycles. The summed E-state index contributed by atoms with van der Waals surface area (Å²) in [5.41, 5.74) is 3.58. The van der Waals surface area contributed by atoms with E-state index in [1.165, 1.54) is 11.3 Å². The number of nitrogens with one attached hydrogen (secondary N) is 2. The molecule has 1 aromatic heterocycles. The first-order chi connectivity index (χ1) is 8.29. The second-order valence-corrected chi connectivity index (χ2v) is 4.44. The average Bonchev–Trinajstić information content (AvgIpc) is 2.83. The minimum absolute atomic E-state index is 0.117. The number of amides is 1. The Kier molecular flexibility index (Phi) is 3.85. The van der Waals surface area contributed by atoms with E-state index in [1.807, 2.05) is 31.3 Å². The summed E-state index contributed by atoms with van der Waals surface area (Å²) in [6.07, 6.45) is 1.57. The van der Waals surface area contributed by atoms with E-state index in [-0.39, 0.29) is 5.91 Å². The Bertz CT molecular complexity index is 496. The summed E-state index contributed by atoms with van der Waals surface area (Å²) in [4.78, 5) is 16.3. The van der Waals surface area contributed by atoms with Gasteiger partial charge in [-0.15, -0.1) is 11.3 Å². The molecular formula is C12H13N3OS. The minimum atomic E-state index is -0.117. The first-order valence-corrected chi connectivity index (χ1v) is 6.11. The van der Waals surface area contributed by atoms with Crippen LogP contribution in [0.25, 0.3) is 0 Å². The first kappa shape index (κ1) is 11.8. The van der Waals surface area contributed by atoms with Gasteiger partial charge in [0.05, 0.1) is 11.7 Å². The Morgan fingerprint density at radius 3 is 3.06 bits per heavy atom. The van der Waals surface area contributed by atoms with E-state index >= 15 is 0 Å². The Hall–Kier alpha value is -1.72. The maximum Gasteiger partial charge on any atom is 0.267 e. The molecule has 17 heavy (non-hydrogen) atoms. The average molecular weight is 247 g/mol. The van der Waals surface area contributed by atoms with Crippen LogP contribution in [0.15, 0.2) is 36.0 Å². The van der Waals surface area contributed by atoms with Crippen molar-refractivity contribution in [2.75, 3.05) is 12.4 Å². The van der Waals surface area contributed by atoms with E-state index in [1.54, 1.807) is 11.7 Å². The predicted octanol–water partition coefficient (Wildman–Crippen LogP) is 2.11. The van der Waals surface area contributed by atoms with Gasteiger partial charge in [0, 0.05) is 12.2 Å². The van der Waals surface area contributed by atoms with Crippen LogP contribution in [0, 0.1) is 0 Å². The number of rotatable bonds is 4. The number of carbonyl (C=O) groups excluding carboxylic acids is 1. The molecular weight excluding hydrogens is 234 g/mol. The van der Waals surface area contributed by atoms with E-state index in [0.29, 0.717) is 4.88 Å². The molecule has 0 bridgehead atoms. The molecule has 0 aliphatic rings. The lowest BCUT2D eigenvalue weighted by molar-refractivity contribution is 0.103. The molecule has 0 atom stereocenters. The van der Waals surface area contributed by atoms with Gasteiger partial charge in [-0.2, -0.15) is 0 Å². The Morgan fingerprint density at radius 1 is 1.47 bits per heavy atom. The van der Waals surface area contributed by atoms with Crippen LogP contribution in [0.1, 0.15) is 15.2 Å². The summed E-state index contributed by atoms with van der Waals surface area (Å²) in [7, 11) is 1.89. The summed E-state index contributed by atoms with van der Waals surface area (Å²) in [5, 5.41) is 5.92. The van der Waals surface area contributed by atoms with Crippen LogP contribution in [-0.2, 0) is 6.54 Å². The lowest BCUT2D eigenvalue weighted by atomic mass is 10.2. The Labute approximate surface area is 104 Å². The third-order valence-corrected chi connectivity index (χ3v) is 2.99. The number of anilines is 1. The number of benzene rings is 1. The standard InChI is InChI=1S/C12H13N3OS/c1-13-6-9-3-2-4-10(5-9)15-12(16)11-7-14-8-17-11/h2-5,7-8,13H,6H2,1H3,(H,15,16). The normalized spacial score (nSPS) is 10.2. The maximum absolute atomic E-state index is 11.8. The van der Waals surface area contributed by atoms with Crippen LogP contribution in [-0.4, -0.2) is 17.9 Å². The molecule has 2 aromatic rings. The van der Waals surface area contributed by atoms with Crippen LogP contribution < -0.4 is 10.6 Å². The molecule has 2 rings (SSSR count). The molecule has 88 valence electrons. The summed E-state index contributed by atoms with van der Waals surface area (Å²) < 4.78 is 0. The third-order valence-electron chi connectivity index (χ3n) is 2.22. The number of aromatic nitrogens is 1. The van der Waals surface area contributed by atoms with Crippen LogP contribution in [0.4, 0.5) is 5.69 Å². The summed E-state index contributed by atoms with van der Waals surface area (Å²) in [6, 6.07) is 7.77. The summed E-state index contributed by atoms with van der Waals surface area (Å²) in [5.74, 6) is -0.117. The maximum atomic E-state index is 11.8. The van der Waals surface area contributed by atoms with Crippen LogP contribution >= 0.6 is 11.3 Å². The molecule has 0 saturated carbocycles. The zero-order chi connectivity index (χ0) is 12.1. The highest BCUT2D eigenvalue weighted by atomic mass is 32.1. The molecule has 1 amide bonds. The fourth-order valence-corrected chi connectivity index (χ4v) is 2.00. The quantitative estimate of drug-likeness (QED) is 0.870.